The maximum Gasteiger partial charge on any atom is 0.409 e. The molecule has 0 bridgehead atoms. The average Bonchev–Trinajstić information content (AvgIpc) is 3.20. The summed E-state index contributed by atoms with van der Waals surface area (Å²) >= 11 is 2.74. The second kappa shape index (κ2) is 10.3. The van der Waals surface area contributed by atoms with Gasteiger partial charge in [0.1, 0.15) is 5.75 Å². The van der Waals surface area contributed by atoms with Crippen LogP contribution in [0.25, 0.3) is 0 Å². The third-order valence-electron chi connectivity index (χ3n) is 4.23. The summed E-state index contributed by atoms with van der Waals surface area (Å²) in [5.74, 6) is 1.02. The summed E-state index contributed by atoms with van der Waals surface area (Å²) in [4.78, 5) is 27.6. The minimum Gasteiger partial charge on any atom is -0.495 e. The topological polar surface area (TPSA) is 96.9 Å². The van der Waals surface area contributed by atoms with E-state index in [0.29, 0.717) is 48.0 Å². The van der Waals surface area contributed by atoms with Crippen molar-refractivity contribution in [3.63, 3.8) is 0 Å². The Kier molecular flexibility index (Phi) is 7.53. The number of anilines is 2. The van der Waals surface area contributed by atoms with Gasteiger partial charge in [0.05, 0.1) is 25.2 Å². The van der Waals surface area contributed by atoms with E-state index in [2.05, 4.69) is 15.5 Å². The highest BCUT2D eigenvalue weighted by atomic mass is 32.2. The minimum atomic E-state index is -0.321. The van der Waals surface area contributed by atoms with E-state index in [-0.39, 0.29) is 17.8 Å². The predicted molar refractivity (Wildman–Crippen MR) is 112 cm³/mol. The van der Waals surface area contributed by atoms with E-state index >= 15 is 0 Å². The molecule has 1 aliphatic rings. The second-order valence-corrected chi connectivity index (χ2v) is 8.25. The van der Waals surface area contributed by atoms with E-state index in [1.54, 1.807) is 23.8 Å². The molecule has 0 aliphatic carbocycles. The third kappa shape index (κ3) is 5.73. The number of ether oxygens (including phenoxy) is 2. The Morgan fingerprint density at radius 2 is 1.90 bits per heavy atom. The van der Waals surface area contributed by atoms with Crippen molar-refractivity contribution in [2.45, 2.75) is 11.3 Å². The molecule has 0 saturated carbocycles. The number of rotatable bonds is 7. The molecule has 1 aliphatic heterocycles. The molecule has 156 valence electrons. The number of piperazine rings is 1. The van der Waals surface area contributed by atoms with Crippen molar-refractivity contribution < 1.29 is 19.1 Å². The first kappa shape index (κ1) is 21.2. The first-order valence-electron chi connectivity index (χ1n) is 9.16. The number of methoxy groups -OCH3 is 1. The molecule has 1 N–H and O–H groups in total. The number of carbonyl (C=O) groups is 2. The van der Waals surface area contributed by atoms with Gasteiger partial charge in [-0.25, -0.2) is 4.79 Å². The van der Waals surface area contributed by atoms with Crippen molar-refractivity contribution >= 4 is 45.9 Å². The number of aromatic nitrogens is 2. The molecule has 1 aromatic carbocycles. The summed E-state index contributed by atoms with van der Waals surface area (Å²) in [5, 5.41) is 12.1. The number of para-hydroxylation sites is 2. The van der Waals surface area contributed by atoms with Gasteiger partial charge >= 0.3 is 6.09 Å². The molecule has 0 atom stereocenters. The fourth-order valence-electron chi connectivity index (χ4n) is 2.75. The lowest BCUT2D eigenvalue weighted by Gasteiger charge is -2.33. The molecule has 1 fully saturated rings. The fourth-order valence-corrected chi connectivity index (χ4v) is 4.42. The summed E-state index contributed by atoms with van der Waals surface area (Å²) in [7, 11) is 1.61. The number of nitrogens with one attached hydrogen (secondary N) is 1. The minimum absolute atomic E-state index is 0.0212. The highest BCUT2D eigenvalue weighted by Gasteiger charge is 2.25. The van der Waals surface area contributed by atoms with E-state index in [0.717, 1.165) is 5.69 Å². The van der Waals surface area contributed by atoms with E-state index in [1.165, 1.54) is 23.1 Å². The van der Waals surface area contributed by atoms with Crippen molar-refractivity contribution in [2.24, 2.45) is 0 Å². The molecule has 0 radical (unpaired) electrons. The van der Waals surface area contributed by atoms with Gasteiger partial charge < -0.3 is 24.6 Å². The standard InChI is InChI=1S/C18H23N5O4S2/c1-3-27-18(25)23-10-8-22(9-11-23)15(24)12-28-17-21-20-16(29-17)19-13-6-4-5-7-14(13)26-2/h4-7H,3,8-12H2,1-2H3,(H,19,20). The Bertz CT molecular complexity index is 839. The number of carbonyl (C=O) groups excluding carboxylic acids is 2. The molecule has 0 unspecified atom stereocenters. The summed E-state index contributed by atoms with van der Waals surface area (Å²) < 4.78 is 11.0. The van der Waals surface area contributed by atoms with Crippen LogP contribution in [0.4, 0.5) is 15.6 Å². The van der Waals surface area contributed by atoms with Crippen LogP contribution in [0.1, 0.15) is 6.92 Å². The molecule has 2 aromatic rings. The Hall–Kier alpha value is -2.53. The van der Waals surface area contributed by atoms with Gasteiger partial charge in [-0.2, -0.15) is 0 Å². The number of hydrogen-bond donors (Lipinski definition) is 1. The van der Waals surface area contributed by atoms with Gasteiger partial charge in [-0.15, -0.1) is 10.2 Å². The number of benzene rings is 1. The predicted octanol–water partition coefficient (Wildman–Crippen LogP) is 2.68. The summed E-state index contributed by atoms with van der Waals surface area (Å²) in [6, 6.07) is 7.55. The summed E-state index contributed by atoms with van der Waals surface area (Å²) in [6.45, 7) is 4.12. The normalized spacial score (nSPS) is 13.9. The monoisotopic (exact) mass is 437 g/mol. The van der Waals surface area contributed by atoms with Crippen molar-refractivity contribution in [3.05, 3.63) is 24.3 Å². The smallest absolute Gasteiger partial charge is 0.409 e. The number of thioether (sulfide) groups is 1. The highest BCUT2D eigenvalue weighted by molar-refractivity contribution is 8.01. The van der Waals surface area contributed by atoms with Gasteiger partial charge in [0.25, 0.3) is 0 Å². The third-order valence-corrected chi connectivity index (χ3v) is 6.19. The van der Waals surface area contributed by atoms with Crippen LogP contribution in [0, 0.1) is 0 Å². The molecule has 9 nitrogen and oxygen atoms in total. The van der Waals surface area contributed by atoms with Gasteiger partial charge in [0, 0.05) is 26.2 Å². The zero-order chi connectivity index (χ0) is 20.6. The van der Waals surface area contributed by atoms with E-state index < -0.39 is 0 Å². The van der Waals surface area contributed by atoms with Crippen molar-refractivity contribution in [3.8, 4) is 5.75 Å². The molecule has 0 spiro atoms. The van der Waals surface area contributed by atoms with Gasteiger partial charge in [-0.1, -0.05) is 35.2 Å². The van der Waals surface area contributed by atoms with Crippen molar-refractivity contribution in [2.75, 3.05) is 51.0 Å². The molecular weight excluding hydrogens is 414 g/mol. The lowest BCUT2D eigenvalue weighted by atomic mass is 10.3. The summed E-state index contributed by atoms with van der Waals surface area (Å²) in [6.07, 6.45) is -0.321. The molecule has 3 rings (SSSR count). The SMILES string of the molecule is CCOC(=O)N1CCN(C(=O)CSc2nnc(Nc3ccccc3OC)s2)CC1. The average molecular weight is 438 g/mol. The molecular formula is C18H23N5O4S2. The van der Waals surface area contributed by atoms with Gasteiger partial charge in [-0.05, 0) is 19.1 Å². The maximum absolute atomic E-state index is 12.4. The van der Waals surface area contributed by atoms with Gasteiger partial charge in [0.2, 0.25) is 11.0 Å². The van der Waals surface area contributed by atoms with Crippen LogP contribution in [-0.4, -0.2) is 77.6 Å². The Morgan fingerprint density at radius 3 is 2.62 bits per heavy atom. The number of hydrogen-bond acceptors (Lipinski definition) is 9. The molecule has 11 heteroatoms. The zero-order valence-corrected chi connectivity index (χ0v) is 17.9. The van der Waals surface area contributed by atoms with Gasteiger partial charge in [-0.3, -0.25) is 4.79 Å². The lowest BCUT2D eigenvalue weighted by Crippen LogP contribution is -2.51. The van der Waals surface area contributed by atoms with Crippen LogP contribution in [0.3, 0.4) is 0 Å². The lowest BCUT2D eigenvalue weighted by molar-refractivity contribution is -0.129. The highest BCUT2D eigenvalue weighted by Crippen LogP contribution is 2.31. The van der Waals surface area contributed by atoms with Crippen LogP contribution in [-0.2, 0) is 9.53 Å². The largest absolute Gasteiger partial charge is 0.495 e. The quantitative estimate of drug-likeness (QED) is 0.661. The molecule has 29 heavy (non-hydrogen) atoms. The summed E-state index contributed by atoms with van der Waals surface area (Å²) in [5.41, 5.74) is 0.804. The number of nitrogens with zero attached hydrogens (tertiary/aromatic N) is 4. The van der Waals surface area contributed by atoms with Crippen LogP contribution in [0.15, 0.2) is 28.6 Å². The first-order valence-corrected chi connectivity index (χ1v) is 11.0. The van der Waals surface area contributed by atoms with E-state index in [9.17, 15) is 9.59 Å². The zero-order valence-electron chi connectivity index (χ0n) is 16.3. The Balaban J connectivity index is 1.46. The molecule has 1 aromatic heterocycles. The van der Waals surface area contributed by atoms with E-state index in [1.807, 2.05) is 24.3 Å². The second-order valence-electron chi connectivity index (χ2n) is 6.05. The fraction of sp³-hybridized carbons (Fsp3) is 0.444. The van der Waals surface area contributed by atoms with Crippen molar-refractivity contribution in [1.29, 1.82) is 0 Å². The van der Waals surface area contributed by atoms with Crippen LogP contribution < -0.4 is 10.1 Å². The molecule has 1 saturated heterocycles. The molecule has 2 heterocycles. The number of amides is 2. The Morgan fingerprint density at radius 1 is 1.17 bits per heavy atom. The van der Waals surface area contributed by atoms with Gasteiger partial charge in [0.15, 0.2) is 4.34 Å². The Labute approximate surface area is 177 Å². The van der Waals surface area contributed by atoms with E-state index in [4.69, 9.17) is 9.47 Å². The van der Waals surface area contributed by atoms with Crippen LogP contribution >= 0.6 is 23.1 Å². The molecule has 2 amide bonds. The maximum atomic E-state index is 12.4. The first-order chi connectivity index (χ1) is 14.1. The van der Waals surface area contributed by atoms with Crippen LogP contribution in [0.5, 0.6) is 5.75 Å². The van der Waals surface area contributed by atoms with Crippen molar-refractivity contribution in [1.82, 2.24) is 20.0 Å². The van der Waals surface area contributed by atoms with Crippen LogP contribution in [0.2, 0.25) is 0 Å².